The zero-order valence-electron chi connectivity index (χ0n) is 21.5. The third-order valence-corrected chi connectivity index (χ3v) is 6.43. The quantitative estimate of drug-likeness (QED) is 0.331. The van der Waals surface area contributed by atoms with Crippen LogP contribution in [0.15, 0.2) is 48.5 Å². The van der Waals surface area contributed by atoms with Gasteiger partial charge in [-0.05, 0) is 64.3 Å². The Morgan fingerprint density at radius 3 is 2.28 bits per heavy atom. The number of benzene rings is 2. The Kier molecular flexibility index (Phi) is 8.66. The number of carbonyl (C=O) groups is 3. The van der Waals surface area contributed by atoms with Gasteiger partial charge in [-0.2, -0.15) is 0 Å². The van der Waals surface area contributed by atoms with Crippen molar-refractivity contribution in [2.45, 2.75) is 53.8 Å². The van der Waals surface area contributed by atoms with E-state index in [0.29, 0.717) is 16.1 Å². The van der Waals surface area contributed by atoms with Gasteiger partial charge in [0.2, 0.25) is 0 Å². The van der Waals surface area contributed by atoms with Gasteiger partial charge >= 0.3 is 6.09 Å². The van der Waals surface area contributed by atoms with Crippen LogP contribution in [0.4, 0.5) is 15.5 Å². The SMILES string of the molecule is Cc1ccc(NC(=O)c2sc(NC(=O)OC(C)(C)C)c(C(=O)COCc3ccccc3)c2C)c(C)c1. The van der Waals surface area contributed by atoms with E-state index >= 15 is 0 Å². The first kappa shape index (κ1) is 27.1. The van der Waals surface area contributed by atoms with Crippen LogP contribution in [-0.4, -0.2) is 30.0 Å². The first-order valence-electron chi connectivity index (χ1n) is 11.6. The van der Waals surface area contributed by atoms with Gasteiger partial charge in [-0.3, -0.25) is 14.9 Å². The Balaban J connectivity index is 1.85. The maximum atomic E-state index is 13.2. The van der Waals surface area contributed by atoms with Crippen LogP contribution in [0, 0.1) is 20.8 Å². The molecule has 0 saturated heterocycles. The zero-order chi connectivity index (χ0) is 26.5. The van der Waals surface area contributed by atoms with Gasteiger partial charge in [-0.25, -0.2) is 4.79 Å². The van der Waals surface area contributed by atoms with E-state index in [1.807, 2.05) is 62.4 Å². The summed E-state index contributed by atoms with van der Waals surface area (Å²) in [7, 11) is 0. The average molecular weight is 509 g/mol. The van der Waals surface area contributed by atoms with Crippen LogP contribution in [0.5, 0.6) is 0 Å². The number of anilines is 2. The van der Waals surface area contributed by atoms with Gasteiger partial charge in [0.05, 0.1) is 17.0 Å². The summed E-state index contributed by atoms with van der Waals surface area (Å²) in [4.78, 5) is 39.2. The highest BCUT2D eigenvalue weighted by molar-refractivity contribution is 7.19. The fraction of sp³-hybridized carbons (Fsp3) is 0.321. The Labute approximate surface area is 215 Å². The highest BCUT2D eigenvalue weighted by Gasteiger charge is 2.27. The predicted octanol–water partition coefficient (Wildman–Crippen LogP) is 6.67. The minimum absolute atomic E-state index is 0.201. The smallest absolute Gasteiger partial charge is 0.412 e. The highest BCUT2D eigenvalue weighted by atomic mass is 32.1. The van der Waals surface area contributed by atoms with Crippen LogP contribution in [0.3, 0.4) is 0 Å². The number of aryl methyl sites for hydroxylation is 2. The Bertz CT molecular complexity index is 1260. The van der Waals surface area contributed by atoms with Gasteiger partial charge in [0, 0.05) is 5.69 Å². The Hall–Kier alpha value is -3.49. The van der Waals surface area contributed by atoms with E-state index in [9.17, 15) is 14.4 Å². The van der Waals surface area contributed by atoms with Crippen LogP contribution in [0.2, 0.25) is 0 Å². The molecular weight excluding hydrogens is 476 g/mol. The molecule has 2 amide bonds. The van der Waals surface area contributed by atoms with Crippen molar-refractivity contribution >= 4 is 39.8 Å². The molecule has 3 rings (SSSR count). The summed E-state index contributed by atoms with van der Waals surface area (Å²) in [5, 5.41) is 5.82. The number of Topliss-reactive ketones (excluding diaryl/α,β-unsaturated/α-hetero) is 1. The van der Waals surface area contributed by atoms with E-state index in [-0.39, 0.29) is 35.5 Å². The summed E-state index contributed by atoms with van der Waals surface area (Å²) in [5.74, 6) is -0.697. The van der Waals surface area contributed by atoms with Crippen LogP contribution < -0.4 is 10.6 Å². The first-order chi connectivity index (χ1) is 16.9. The van der Waals surface area contributed by atoms with Crippen LogP contribution in [0.1, 0.15) is 63.1 Å². The second-order valence-electron chi connectivity index (χ2n) is 9.56. The molecule has 0 saturated carbocycles. The standard InChI is InChI=1S/C28H32N2O5S/c1-17-12-13-21(18(2)14-17)29-25(32)24-19(3)23(26(36-24)30-27(33)35-28(4,5)6)22(31)16-34-15-20-10-8-7-9-11-20/h7-14H,15-16H2,1-6H3,(H,29,32)(H,30,33). The molecule has 2 aromatic carbocycles. The minimum atomic E-state index is -0.720. The third-order valence-electron chi connectivity index (χ3n) is 5.22. The lowest BCUT2D eigenvalue weighted by Gasteiger charge is -2.19. The molecule has 36 heavy (non-hydrogen) atoms. The minimum Gasteiger partial charge on any atom is -0.444 e. The number of rotatable bonds is 8. The molecule has 0 fully saturated rings. The van der Waals surface area contributed by atoms with Crippen LogP contribution >= 0.6 is 11.3 Å². The van der Waals surface area contributed by atoms with Crippen molar-refractivity contribution in [3.63, 3.8) is 0 Å². The van der Waals surface area contributed by atoms with E-state index in [1.165, 1.54) is 0 Å². The molecule has 0 spiro atoms. The summed E-state index contributed by atoms with van der Waals surface area (Å²) >= 11 is 1.03. The predicted molar refractivity (Wildman–Crippen MR) is 143 cm³/mol. The first-order valence-corrected chi connectivity index (χ1v) is 12.4. The van der Waals surface area contributed by atoms with Gasteiger partial charge in [0.15, 0.2) is 5.78 Å². The van der Waals surface area contributed by atoms with E-state index in [4.69, 9.17) is 9.47 Å². The molecule has 1 heterocycles. The van der Waals surface area contributed by atoms with E-state index in [0.717, 1.165) is 28.0 Å². The van der Waals surface area contributed by atoms with Crippen molar-refractivity contribution in [1.82, 2.24) is 0 Å². The lowest BCUT2D eigenvalue weighted by Crippen LogP contribution is -2.27. The summed E-state index contributed by atoms with van der Waals surface area (Å²) in [5.41, 5.74) is 3.63. The zero-order valence-corrected chi connectivity index (χ0v) is 22.3. The fourth-order valence-electron chi connectivity index (χ4n) is 3.59. The molecule has 7 nitrogen and oxygen atoms in total. The molecule has 0 atom stereocenters. The number of carbonyl (C=O) groups excluding carboxylic acids is 3. The van der Waals surface area contributed by atoms with Crippen molar-refractivity contribution < 1.29 is 23.9 Å². The number of ketones is 1. The number of thiophene rings is 1. The molecular formula is C28H32N2O5S. The summed E-state index contributed by atoms with van der Waals surface area (Å²) in [6, 6.07) is 15.2. The topological polar surface area (TPSA) is 93.7 Å². The summed E-state index contributed by atoms with van der Waals surface area (Å²) < 4.78 is 11.0. The molecule has 0 unspecified atom stereocenters. The van der Waals surface area contributed by atoms with Gasteiger partial charge < -0.3 is 14.8 Å². The number of ether oxygens (including phenoxy) is 2. The summed E-state index contributed by atoms with van der Waals surface area (Å²) in [6.45, 7) is 10.9. The number of hydrogen-bond donors (Lipinski definition) is 2. The Morgan fingerprint density at radius 1 is 0.944 bits per heavy atom. The van der Waals surface area contributed by atoms with Gasteiger partial charge in [-0.1, -0.05) is 48.0 Å². The van der Waals surface area contributed by atoms with Crippen molar-refractivity contribution in [3.05, 3.63) is 81.2 Å². The van der Waals surface area contributed by atoms with Crippen LogP contribution in [-0.2, 0) is 16.1 Å². The van der Waals surface area contributed by atoms with Crippen molar-refractivity contribution in [1.29, 1.82) is 0 Å². The molecule has 1 aromatic heterocycles. The van der Waals surface area contributed by atoms with Gasteiger partial charge in [0.25, 0.3) is 5.91 Å². The maximum absolute atomic E-state index is 13.2. The molecule has 0 radical (unpaired) electrons. The molecule has 190 valence electrons. The van der Waals surface area contributed by atoms with Gasteiger partial charge in [-0.15, -0.1) is 11.3 Å². The van der Waals surface area contributed by atoms with Crippen molar-refractivity contribution in [2.75, 3.05) is 17.2 Å². The molecule has 2 N–H and O–H groups in total. The fourth-order valence-corrected chi connectivity index (χ4v) is 4.70. The van der Waals surface area contributed by atoms with Crippen molar-refractivity contribution in [2.24, 2.45) is 0 Å². The number of nitrogens with one attached hydrogen (secondary N) is 2. The molecule has 0 aliphatic heterocycles. The molecule has 3 aromatic rings. The molecule has 0 aliphatic carbocycles. The maximum Gasteiger partial charge on any atom is 0.412 e. The number of hydrogen-bond acceptors (Lipinski definition) is 6. The monoisotopic (exact) mass is 508 g/mol. The molecule has 0 bridgehead atoms. The average Bonchev–Trinajstić information content (AvgIpc) is 3.10. The lowest BCUT2D eigenvalue weighted by molar-refractivity contribution is 0.0636. The third kappa shape index (κ3) is 7.26. The lowest BCUT2D eigenvalue weighted by atomic mass is 10.1. The number of amides is 2. The largest absolute Gasteiger partial charge is 0.444 e. The van der Waals surface area contributed by atoms with E-state index in [2.05, 4.69) is 10.6 Å². The van der Waals surface area contributed by atoms with E-state index in [1.54, 1.807) is 27.7 Å². The normalized spacial score (nSPS) is 11.2. The second-order valence-corrected chi connectivity index (χ2v) is 10.6. The van der Waals surface area contributed by atoms with Gasteiger partial charge in [0.1, 0.15) is 17.2 Å². The summed E-state index contributed by atoms with van der Waals surface area (Å²) in [6.07, 6.45) is -0.704. The Morgan fingerprint density at radius 2 is 1.64 bits per heavy atom. The molecule has 0 aliphatic rings. The molecule has 8 heteroatoms. The van der Waals surface area contributed by atoms with E-state index < -0.39 is 11.7 Å². The van der Waals surface area contributed by atoms with Crippen LogP contribution in [0.25, 0.3) is 0 Å². The van der Waals surface area contributed by atoms with Crippen molar-refractivity contribution in [3.8, 4) is 0 Å². The second kappa shape index (κ2) is 11.5. The highest BCUT2D eigenvalue weighted by Crippen LogP contribution is 2.35.